The van der Waals surface area contributed by atoms with Crippen LogP contribution in [0.3, 0.4) is 0 Å². The fourth-order valence-corrected chi connectivity index (χ4v) is 2.43. The minimum absolute atomic E-state index is 0.151. The molecular weight excluding hydrogens is 300 g/mol. The molecule has 24 heavy (non-hydrogen) atoms. The Kier molecular flexibility index (Phi) is 6.73. The third-order valence-corrected chi connectivity index (χ3v) is 3.84. The van der Waals surface area contributed by atoms with Crippen LogP contribution in [0.1, 0.15) is 41.6 Å². The third kappa shape index (κ3) is 5.33. The van der Waals surface area contributed by atoms with E-state index in [0.29, 0.717) is 18.1 Å². The van der Waals surface area contributed by atoms with Gasteiger partial charge in [0.1, 0.15) is 17.3 Å². The Bertz CT molecular complexity index is 658. The molecule has 0 aliphatic rings. The number of nitrogens with zero attached hydrogens (tertiary/aromatic N) is 3. The Hall–Kier alpha value is -2.43. The Balaban J connectivity index is 1.97. The minimum Gasteiger partial charge on any atom is -0.360 e. The van der Waals surface area contributed by atoms with E-state index >= 15 is 0 Å². The fourth-order valence-electron chi connectivity index (χ4n) is 2.43. The van der Waals surface area contributed by atoms with Crippen molar-refractivity contribution in [3.63, 3.8) is 0 Å². The van der Waals surface area contributed by atoms with Crippen molar-refractivity contribution in [1.29, 1.82) is 0 Å². The monoisotopic (exact) mass is 326 g/mol. The number of aryl methyl sites for hydroxylation is 1. The molecule has 0 atom stereocenters. The zero-order valence-electron chi connectivity index (χ0n) is 14.7. The van der Waals surface area contributed by atoms with Crippen molar-refractivity contribution in [2.75, 3.05) is 25.0 Å². The van der Waals surface area contributed by atoms with Crippen molar-refractivity contribution in [2.45, 2.75) is 33.1 Å². The van der Waals surface area contributed by atoms with Crippen LogP contribution in [0.25, 0.3) is 0 Å². The topological polar surface area (TPSA) is 58.1 Å². The van der Waals surface area contributed by atoms with Gasteiger partial charge in [-0.3, -0.25) is 4.79 Å². The minimum atomic E-state index is -0.151. The predicted molar refractivity (Wildman–Crippen MR) is 97.4 cm³/mol. The van der Waals surface area contributed by atoms with E-state index in [1.165, 1.54) is 5.56 Å². The van der Waals surface area contributed by atoms with Crippen LogP contribution in [0.2, 0.25) is 0 Å². The lowest BCUT2D eigenvalue weighted by molar-refractivity contribution is 0.0949. The molecule has 0 saturated heterocycles. The zero-order valence-corrected chi connectivity index (χ0v) is 14.7. The van der Waals surface area contributed by atoms with Crippen molar-refractivity contribution < 1.29 is 4.79 Å². The molecule has 0 aliphatic heterocycles. The largest absolute Gasteiger partial charge is 0.360 e. The van der Waals surface area contributed by atoms with Gasteiger partial charge in [-0.2, -0.15) is 0 Å². The van der Waals surface area contributed by atoms with Crippen LogP contribution in [0, 0.1) is 6.92 Å². The van der Waals surface area contributed by atoms with E-state index in [0.717, 1.165) is 31.6 Å². The summed E-state index contributed by atoms with van der Waals surface area (Å²) < 4.78 is 0. The van der Waals surface area contributed by atoms with E-state index < -0.39 is 0 Å². The highest BCUT2D eigenvalue weighted by atomic mass is 16.1. The van der Waals surface area contributed by atoms with Crippen molar-refractivity contribution in [3.8, 4) is 0 Å². The lowest BCUT2D eigenvalue weighted by Crippen LogP contribution is -2.28. The third-order valence-electron chi connectivity index (χ3n) is 3.84. The van der Waals surface area contributed by atoms with Gasteiger partial charge in [0.15, 0.2) is 0 Å². The molecule has 1 aromatic heterocycles. The van der Waals surface area contributed by atoms with Gasteiger partial charge in [0.05, 0.1) is 0 Å². The van der Waals surface area contributed by atoms with Crippen molar-refractivity contribution in [3.05, 3.63) is 53.5 Å². The molecule has 0 spiro atoms. The fraction of sp³-hybridized carbons (Fsp3) is 0.421. The number of carbonyl (C=O) groups excluding carboxylic acids is 1. The average molecular weight is 326 g/mol. The van der Waals surface area contributed by atoms with Crippen LogP contribution in [0.15, 0.2) is 36.4 Å². The standard InChI is InChI=1S/C19H26N4O/c1-4-5-13-23(3)18-14-17(21-15(2)22-18)19(24)20-12-11-16-9-7-6-8-10-16/h6-10,14H,4-5,11-13H2,1-3H3,(H,20,24). The maximum Gasteiger partial charge on any atom is 0.270 e. The zero-order chi connectivity index (χ0) is 17.4. The molecule has 0 unspecified atom stereocenters. The first kappa shape index (κ1) is 17.9. The van der Waals surface area contributed by atoms with Gasteiger partial charge in [-0.1, -0.05) is 43.7 Å². The van der Waals surface area contributed by atoms with Gasteiger partial charge < -0.3 is 10.2 Å². The van der Waals surface area contributed by atoms with E-state index in [2.05, 4.69) is 39.2 Å². The highest BCUT2D eigenvalue weighted by molar-refractivity contribution is 5.92. The maximum atomic E-state index is 12.4. The molecule has 5 nitrogen and oxygen atoms in total. The van der Waals surface area contributed by atoms with Crippen LogP contribution in [0.4, 0.5) is 5.82 Å². The number of aromatic nitrogens is 2. The summed E-state index contributed by atoms with van der Waals surface area (Å²) in [7, 11) is 1.99. The Morgan fingerprint density at radius 1 is 1.21 bits per heavy atom. The molecule has 1 heterocycles. The van der Waals surface area contributed by atoms with Gasteiger partial charge in [0.25, 0.3) is 5.91 Å². The Labute approximate surface area is 144 Å². The summed E-state index contributed by atoms with van der Waals surface area (Å²) in [4.78, 5) is 23.1. The molecule has 5 heteroatoms. The smallest absolute Gasteiger partial charge is 0.270 e. The molecule has 2 aromatic rings. The first-order valence-electron chi connectivity index (χ1n) is 8.49. The summed E-state index contributed by atoms with van der Waals surface area (Å²) in [5.41, 5.74) is 1.63. The van der Waals surface area contributed by atoms with Crippen LogP contribution in [-0.4, -0.2) is 36.0 Å². The van der Waals surface area contributed by atoms with Crippen molar-refractivity contribution in [1.82, 2.24) is 15.3 Å². The first-order chi connectivity index (χ1) is 11.6. The maximum absolute atomic E-state index is 12.4. The molecule has 1 amide bonds. The van der Waals surface area contributed by atoms with Crippen LogP contribution >= 0.6 is 0 Å². The number of amides is 1. The summed E-state index contributed by atoms with van der Waals surface area (Å²) in [5.74, 6) is 1.26. The summed E-state index contributed by atoms with van der Waals surface area (Å²) in [6.45, 7) is 5.48. The second-order valence-corrected chi connectivity index (χ2v) is 5.93. The van der Waals surface area contributed by atoms with Gasteiger partial charge in [-0.25, -0.2) is 9.97 Å². The van der Waals surface area contributed by atoms with E-state index in [1.807, 2.05) is 32.2 Å². The normalized spacial score (nSPS) is 10.5. The highest BCUT2D eigenvalue weighted by Gasteiger charge is 2.12. The summed E-state index contributed by atoms with van der Waals surface area (Å²) in [6, 6.07) is 11.9. The van der Waals surface area contributed by atoms with Gasteiger partial charge in [-0.15, -0.1) is 0 Å². The average Bonchev–Trinajstić information content (AvgIpc) is 2.60. The predicted octanol–water partition coefficient (Wildman–Crippen LogP) is 2.99. The molecule has 1 N–H and O–H groups in total. The second kappa shape index (κ2) is 9.01. The Morgan fingerprint density at radius 2 is 1.96 bits per heavy atom. The Morgan fingerprint density at radius 3 is 2.67 bits per heavy atom. The number of nitrogens with one attached hydrogen (secondary N) is 1. The SMILES string of the molecule is CCCCN(C)c1cc(C(=O)NCCc2ccccc2)nc(C)n1. The summed E-state index contributed by atoms with van der Waals surface area (Å²) in [6.07, 6.45) is 3.03. The van der Waals surface area contributed by atoms with Gasteiger partial charge in [-0.05, 0) is 25.3 Å². The molecule has 1 aromatic carbocycles. The molecule has 0 bridgehead atoms. The number of unbranched alkanes of at least 4 members (excludes halogenated alkanes) is 1. The highest BCUT2D eigenvalue weighted by Crippen LogP contribution is 2.12. The lowest BCUT2D eigenvalue weighted by Gasteiger charge is -2.18. The summed E-state index contributed by atoms with van der Waals surface area (Å²) in [5, 5.41) is 2.94. The van der Waals surface area contributed by atoms with E-state index in [1.54, 1.807) is 6.07 Å². The van der Waals surface area contributed by atoms with Crippen LogP contribution in [-0.2, 0) is 6.42 Å². The quantitative estimate of drug-likeness (QED) is 0.810. The number of carbonyl (C=O) groups is 1. The van der Waals surface area contributed by atoms with Crippen molar-refractivity contribution in [2.24, 2.45) is 0 Å². The molecule has 0 saturated carbocycles. The van der Waals surface area contributed by atoms with Gasteiger partial charge in [0.2, 0.25) is 0 Å². The summed E-state index contributed by atoms with van der Waals surface area (Å²) >= 11 is 0. The van der Waals surface area contributed by atoms with E-state index in [-0.39, 0.29) is 5.91 Å². The number of hydrogen-bond acceptors (Lipinski definition) is 4. The lowest BCUT2D eigenvalue weighted by atomic mass is 10.1. The number of benzene rings is 1. The molecule has 0 fully saturated rings. The molecule has 128 valence electrons. The van der Waals surface area contributed by atoms with Crippen LogP contribution in [0.5, 0.6) is 0 Å². The number of anilines is 1. The first-order valence-corrected chi connectivity index (χ1v) is 8.49. The van der Waals surface area contributed by atoms with Crippen LogP contribution < -0.4 is 10.2 Å². The second-order valence-electron chi connectivity index (χ2n) is 5.93. The van der Waals surface area contributed by atoms with Gasteiger partial charge >= 0.3 is 0 Å². The molecule has 0 radical (unpaired) electrons. The number of rotatable bonds is 8. The van der Waals surface area contributed by atoms with E-state index in [9.17, 15) is 4.79 Å². The number of hydrogen-bond donors (Lipinski definition) is 1. The van der Waals surface area contributed by atoms with Crippen molar-refractivity contribution >= 4 is 11.7 Å². The molecule has 2 rings (SSSR count). The van der Waals surface area contributed by atoms with E-state index in [4.69, 9.17) is 0 Å². The molecular formula is C19H26N4O. The molecule has 0 aliphatic carbocycles. The van der Waals surface area contributed by atoms with Gasteiger partial charge in [0, 0.05) is 26.2 Å².